The molecule has 20 heavy (non-hydrogen) atoms. The maximum absolute atomic E-state index is 13.9. The van der Waals surface area contributed by atoms with Crippen molar-refractivity contribution < 1.29 is 18.3 Å². The number of hydrogen-bond donors (Lipinski definition) is 0. The molecule has 2 aromatic rings. The molecule has 0 radical (unpaired) electrons. The summed E-state index contributed by atoms with van der Waals surface area (Å²) in [5.41, 5.74) is 0.0420. The Balaban J connectivity index is 2.28. The van der Waals surface area contributed by atoms with Gasteiger partial charge in [0.2, 0.25) is 0 Å². The number of hydrogen-bond acceptors (Lipinski definition) is 2. The van der Waals surface area contributed by atoms with Gasteiger partial charge in [-0.15, -0.1) is 0 Å². The highest BCUT2D eigenvalue weighted by Crippen LogP contribution is 2.22. The highest BCUT2D eigenvalue weighted by Gasteiger charge is 2.16. The van der Waals surface area contributed by atoms with Crippen LogP contribution in [0.2, 0.25) is 5.02 Å². The normalized spacial score (nSPS) is 10.4. The fraction of sp³-hybridized carbons (Fsp3) is 0.133. The quantitative estimate of drug-likeness (QED) is 0.796. The first-order valence-electron chi connectivity index (χ1n) is 5.82. The first-order chi connectivity index (χ1) is 9.52. The van der Waals surface area contributed by atoms with Crippen LogP contribution < -0.4 is 4.74 Å². The topological polar surface area (TPSA) is 26.3 Å². The second-order valence-corrected chi connectivity index (χ2v) is 4.59. The third-order valence-corrected chi connectivity index (χ3v) is 3.08. The Kier molecular flexibility index (Phi) is 4.35. The molecule has 0 unspecified atom stereocenters. The SMILES string of the molecule is COc1cccc(CC(=O)c2ccc(Cl)cc2F)c1F. The second kappa shape index (κ2) is 6.01. The monoisotopic (exact) mass is 296 g/mol. The van der Waals surface area contributed by atoms with Crippen LogP contribution in [0.4, 0.5) is 8.78 Å². The van der Waals surface area contributed by atoms with E-state index in [4.69, 9.17) is 16.3 Å². The Morgan fingerprint density at radius 3 is 2.65 bits per heavy atom. The van der Waals surface area contributed by atoms with E-state index < -0.39 is 17.4 Å². The van der Waals surface area contributed by atoms with Gasteiger partial charge < -0.3 is 4.74 Å². The highest BCUT2D eigenvalue weighted by molar-refractivity contribution is 6.30. The van der Waals surface area contributed by atoms with Crippen LogP contribution in [0.1, 0.15) is 15.9 Å². The predicted molar refractivity (Wildman–Crippen MR) is 72.4 cm³/mol. The van der Waals surface area contributed by atoms with Crippen LogP contribution >= 0.6 is 11.6 Å². The molecule has 0 saturated heterocycles. The molecule has 2 rings (SSSR count). The maximum Gasteiger partial charge on any atom is 0.170 e. The van der Waals surface area contributed by atoms with Gasteiger partial charge in [0.05, 0.1) is 12.7 Å². The summed E-state index contributed by atoms with van der Waals surface area (Å²) in [5, 5.41) is 0.201. The van der Waals surface area contributed by atoms with Crippen molar-refractivity contribution in [2.75, 3.05) is 7.11 Å². The molecular weight excluding hydrogens is 286 g/mol. The number of carbonyl (C=O) groups is 1. The van der Waals surface area contributed by atoms with Gasteiger partial charge in [-0.2, -0.15) is 0 Å². The van der Waals surface area contributed by atoms with Gasteiger partial charge >= 0.3 is 0 Å². The van der Waals surface area contributed by atoms with E-state index in [1.165, 1.54) is 31.4 Å². The summed E-state index contributed by atoms with van der Waals surface area (Å²) < 4.78 is 32.4. The van der Waals surface area contributed by atoms with E-state index in [-0.39, 0.29) is 28.3 Å². The summed E-state index contributed by atoms with van der Waals surface area (Å²) >= 11 is 5.62. The Bertz CT molecular complexity index is 656. The van der Waals surface area contributed by atoms with Crippen molar-refractivity contribution in [2.45, 2.75) is 6.42 Å². The summed E-state index contributed by atoms with van der Waals surface area (Å²) in [7, 11) is 1.34. The third-order valence-electron chi connectivity index (χ3n) is 2.85. The first-order valence-corrected chi connectivity index (χ1v) is 6.20. The molecular formula is C15H11ClF2O2. The van der Waals surface area contributed by atoms with Crippen LogP contribution in [0.5, 0.6) is 5.75 Å². The van der Waals surface area contributed by atoms with Crippen LogP contribution in [0.25, 0.3) is 0 Å². The Labute approximate surface area is 119 Å². The highest BCUT2D eigenvalue weighted by atomic mass is 35.5. The van der Waals surface area contributed by atoms with Gasteiger partial charge in [0.25, 0.3) is 0 Å². The van der Waals surface area contributed by atoms with E-state index >= 15 is 0 Å². The number of carbonyl (C=O) groups excluding carboxylic acids is 1. The zero-order valence-electron chi connectivity index (χ0n) is 10.6. The number of methoxy groups -OCH3 is 1. The standard InChI is InChI=1S/C15H11ClF2O2/c1-20-14-4-2-3-9(15(14)18)7-13(19)11-6-5-10(16)8-12(11)17/h2-6,8H,7H2,1H3. The molecule has 2 nitrogen and oxygen atoms in total. The van der Waals surface area contributed by atoms with Crippen molar-refractivity contribution >= 4 is 17.4 Å². The summed E-state index contributed by atoms with van der Waals surface area (Å²) in [6, 6.07) is 8.24. The summed E-state index contributed by atoms with van der Waals surface area (Å²) in [5.74, 6) is -1.80. The van der Waals surface area contributed by atoms with Crippen molar-refractivity contribution in [1.29, 1.82) is 0 Å². The minimum absolute atomic E-state index is 0.0480. The molecule has 0 bridgehead atoms. The van der Waals surface area contributed by atoms with Crippen LogP contribution in [-0.2, 0) is 6.42 Å². The average molecular weight is 297 g/mol. The van der Waals surface area contributed by atoms with Gasteiger partial charge in [-0.05, 0) is 29.8 Å². The van der Waals surface area contributed by atoms with E-state index in [1.807, 2.05) is 0 Å². The molecule has 0 heterocycles. The van der Waals surface area contributed by atoms with Crippen molar-refractivity contribution in [1.82, 2.24) is 0 Å². The van der Waals surface area contributed by atoms with Crippen LogP contribution in [0.3, 0.4) is 0 Å². The summed E-state index contributed by atoms with van der Waals surface area (Å²) in [6.07, 6.45) is -0.248. The molecule has 104 valence electrons. The molecule has 0 N–H and O–H groups in total. The van der Waals surface area contributed by atoms with Gasteiger partial charge in [0.15, 0.2) is 17.3 Å². The molecule has 0 spiro atoms. The third kappa shape index (κ3) is 2.96. The van der Waals surface area contributed by atoms with E-state index in [1.54, 1.807) is 6.07 Å². The Morgan fingerprint density at radius 2 is 2.00 bits per heavy atom. The van der Waals surface area contributed by atoms with Crippen molar-refractivity contribution in [3.8, 4) is 5.75 Å². The van der Waals surface area contributed by atoms with Crippen molar-refractivity contribution in [3.63, 3.8) is 0 Å². The van der Waals surface area contributed by atoms with Crippen molar-refractivity contribution in [3.05, 3.63) is 64.2 Å². The van der Waals surface area contributed by atoms with Gasteiger partial charge in [-0.1, -0.05) is 23.7 Å². The van der Waals surface area contributed by atoms with E-state index in [0.717, 1.165) is 6.07 Å². The number of Topliss-reactive ketones (excluding diaryl/α,β-unsaturated/α-hetero) is 1. The van der Waals surface area contributed by atoms with Crippen LogP contribution in [-0.4, -0.2) is 12.9 Å². The van der Waals surface area contributed by atoms with E-state index in [0.29, 0.717) is 0 Å². The molecule has 0 atom stereocenters. The molecule has 0 fully saturated rings. The van der Waals surface area contributed by atoms with Crippen LogP contribution in [0.15, 0.2) is 36.4 Å². The lowest BCUT2D eigenvalue weighted by atomic mass is 10.0. The van der Waals surface area contributed by atoms with E-state index in [9.17, 15) is 13.6 Å². The number of ketones is 1. The van der Waals surface area contributed by atoms with Crippen LogP contribution in [0, 0.1) is 11.6 Å². The summed E-state index contributed by atoms with van der Waals surface area (Å²) in [4.78, 5) is 12.0. The molecule has 2 aromatic carbocycles. The molecule has 0 aliphatic heterocycles. The lowest BCUT2D eigenvalue weighted by Gasteiger charge is -2.07. The summed E-state index contributed by atoms with van der Waals surface area (Å²) in [6.45, 7) is 0. The number of ether oxygens (including phenoxy) is 1. The zero-order chi connectivity index (χ0) is 14.7. The van der Waals surface area contributed by atoms with Gasteiger partial charge in [-0.25, -0.2) is 8.78 Å². The van der Waals surface area contributed by atoms with Gasteiger partial charge in [0.1, 0.15) is 5.82 Å². The number of halogens is 3. The lowest BCUT2D eigenvalue weighted by Crippen LogP contribution is -2.08. The Morgan fingerprint density at radius 1 is 1.25 bits per heavy atom. The lowest BCUT2D eigenvalue weighted by molar-refractivity contribution is 0.0988. The second-order valence-electron chi connectivity index (χ2n) is 4.16. The molecule has 0 aliphatic rings. The minimum Gasteiger partial charge on any atom is -0.494 e. The molecule has 5 heteroatoms. The molecule has 0 amide bonds. The fourth-order valence-corrected chi connectivity index (χ4v) is 1.99. The predicted octanol–water partition coefficient (Wildman–Crippen LogP) is 4.05. The maximum atomic E-state index is 13.9. The zero-order valence-corrected chi connectivity index (χ0v) is 11.4. The number of benzene rings is 2. The molecule has 0 saturated carbocycles. The minimum atomic E-state index is -0.717. The molecule has 0 aromatic heterocycles. The van der Waals surface area contributed by atoms with Crippen molar-refractivity contribution in [2.24, 2.45) is 0 Å². The fourth-order valence-electron chi connectivity index (χ4n) is 1.83. The first kappa shape index (κ1) is 14.5. The average Bonchev–Trinajstić information content (AvgIpc) is 2.41. The largest absolute Gasteiger partial charge is 0.494 e. The Hall–Kier alpha value is -1.94. The number of rotatable bonds is 4. The van der Waals surface area contributed by atoms with E-state index in [2.05, 4.69) is 0 Å². The van der Waals surface area contributed by atoms with Gasteiger partial charge in [-0.3, -0.25) is 4.79 Å². The smallest absolute Gasteiger partial charge is 0.170 e. The van der Waals surface area contributed by atoms with Gasteiger partial charge in [0, 0.05) is 11.4 Å². The molecule has 0 aliphatic carbocycles.